The molecule has 0 aliphatic rings. The molecule has 0 radical (unpaired) electrons. The molecule has 0 unspecified atom stereocenters. The summed E-state index contributed by atoms with van der Waals surface area (Å²) in [4.78, 5) is 12.3. The summed E-state index contributed by atoms with van der Waals surface area (Å²) in [5, 5.41) is 6.22. The normalized spacial score (nSPS) is 10.4. The van der Waals surface area contributed by atoms with Gasteiger partial charge in [0.15, 0.2) is 18.1 Å². The highest BCUT2D eigenvalue weighted by Gasteiger charge is 2.14. The first-order valence-corrected chi connectivity index (χ1v) is 12.4. The molecule has 0 saturated carbocycles. The molecule has 0 aromatic heterocycles. The number of amides is 1. The molecule has 0 fully saturated rings. The van der Waals surface area contributed by atoms with Crippen molar-refractivity contribution in [1.82, 2.24) is 0 Å². The number of carbonyl (C=O) groups is 1. The van der Waals surface area contributed by atoms with Gasteiger partial charge >= 0.3 is 0 Å². The number of rotatable bonds is 11. The smallest absolute Gasteiger partial charge is 0.262 e. The lowest BCUT2D eigenvalue weighted by atomic mass is 10.2. The fourth-order valence-electron chi connectivity index (χ4n) is 3.45. The van der Waals surface area contributed by atoms with Crippen molar-refractivity contribution >= 4 is 33.2 Å². The highest BCUT2D eigenvalue weighted by atomic mass is 79.9. The number of carbonyl (C=O) groups excluding carboxylic acids is 1. The Morgan fingerprint density at radius 2 is 1.47 bits per heavy atom. The maximum atomic E-state index is 12.3. The predicted octanol–water partition coefficient (Wildman–Crippen LogP) is 7.27. The summed E-state index contributed by atoms with van der Waals surface area (Å²) < 4.78 is 18.2. The Morgan fingerprint density at radius 1 is 0.806 bits per heavy atom. The monoisotopic (exact) mass is 546 g/mol. The number of para-hydroxylation sites is 2. The number of ether oxygens (including phenoxy) is 3. The Morgan fingerprint density at radius 3 is 2.17 bits per heavy atom. The quantitative estimate of drug-likeness (QED) is 0.207. The van der Waals surface area contributed by atoms with E-state index < -0.39 is 0 Å². The van der Waals surface area contributed by atoms with E-state index in [2.05, 4.69) is 26.6 Å². The summed E-state index contributed by atoms with van der Waals surface area (Å²) in [6, 6.07) is 30.6. The molecule has 36 heavy (non-hydrogen) atoms. The van der Waals surface area contributed by atoms with E-state index in [1.165, 1.54) is 0 Å². The molecule has 1 amide bonds. The third kappa shape index (κ3) is 7.26. The fourth-order valence-corrected chi connectivity index (χ4v) is 4.06. The van der Waals surface area contributed by atoms with Crippen LogP contribution in [0.1, 0.15) is 12.5 Å². The van der Waals surface area contributed by atoms with Crippen molar-refractivity contribution in [1.29, 1.82) is 0 Å². The van der Waals surface area contributed by atoms with Gasteiger partial charge in [-0.25, -0.2) is 0 Å². The summed E-state index contributed by atoms with van der Waals surface area (Å²) in [6.45, 7) is 2.82. The summed E-state index contributed by atoms with van der Waals surface area (Å²) in [7, 11) is 0. The molecule has 0 heterocycles. The van der Waals surface area contributed by atoms with Crippen molar-refractivity contribution in [2.45, 2.75) is 13.5 Å². The Bertz CT molecular complexity index is 1270. The number of nitrogens with one attached hydrogen (secondary N) is 2. The Hall–Kier alpha value is -3.97. The van der Waals surface area contributed by atoms with Gasteiger partial charge in [0.2, 0.25) is 0 Å². The number of hydrogen-bond acceptors (Lipinski definition) is 5. The van der Waals surface area contributed by atoms with Crippen molar-refractivity contribution in [3.8, 4) is 23.0 Å². The average molecular weight is 547 g/mol. The van der Waals surface area contributed by atoms with Crippen LogP contribution < -0.4 is 24.8 Å². The lowest BCUT2D eigenvalue weighted by Gasteiger charge is -2.16. The van der Waals surface area contributed by atoms with Crippen molar-refractivity contribution in [3.05, 3.63) is 107 Å². The van der Waals surface area contributed by atoms with E-state index in [-0.39, 0.29) is 12.5 Å². The first-order chi connectivity index (χ1) is 17.6. The topological polar surface area (TPSA) is 68.8 Å². The van der Waals surface area contributed by atoms with Gasteiger partial charge in [0, 0.05) is 17.9 Å². The first kappa shape index (κ1) is 25.1. The van der Waals surface area contributed by atoms with Crippen LogP contribution in [-0.4, -0.2) is 19.1 Å². The maximum absolute atomic E-state index is 12.3. The number of benzene rings is 4. The molecule has 0 bridgehead atoms. The number of halogens is 1. The molecule has 6 nitrogen and oxygen atoms in total. The lowest BCUT2D eigenvalue weighted by molar-refractivity contribution is -0.118. The van der Waals surface area contributed by atoms with Crippen molar-refractivity contribution < 1.29 is 19.0 Å². The molecule has 4 aromatic carbocycles. The highest BCUT2D eigenvalue weighted by molar-refractivity contribution is 9.10. The van der Waals surface area contributed by atoms with E-state index in [1.54, 1.807) is 0 Å². The summed E-state index contributed by atoms with van der Waals surface area (Å²) >= 11 is 3.57. The average Bonchev–Trinajstić information content (AvgIpc) is 2.89. The zero-order chi connectivity index (χ0) is 25.2. The maximum Gasteiger partial charge on any atom is 0.262 e. The van der Waals surface area contributed by atoms with Crippen LogP contribution in [0.5, 0.6) is 23.0 Å². The Labute approximate surface area is 219 Å². The Balaban J connectivity index is 1.36. The molecule has 0 saturated heterocycles. The SMILES string of the molecule is CCOc1cc(CNc2ccc(Oc3ccccc3)cc2)cc(Br)c1OCC(=O)Nc1ccccc1. The third-order valence-electron chi connectivity index (χ3n) is 5.10. The summed E-state index contributed by atoms with van der Waals surface area (Å²) in [6.07, 6.45) is 0. The van der Waals surface area contributed by atoms with Crippen molar-refractivity contribution in [2.24, 2.45) is 0 Å². The minimum Gasteiger partial charge on any atom is -0.490 e. The molecule has 4 aromatic rings. The third-order valence-corrected chi connectivity index (χ3v) is 5.69. The lowest BCUT2D eigenvalue weighted by Crippen LogP contribution is -2.20. The molecule has 7 heteroatoms. The van der Waals surface area contributed by atoms with E-state index >= 15 is 0 Å². The minimum absolute atomic E-state index is 0.136. The Kier molecular flexibility index (Phi) is 8.83. The highest BCUT2D eigenvalue weighted by Crippen LogP contribution is 2.37. The van der Waals surface area contributed by atoms with Gasteiger partial charge in [-0.15, -0.1) is 0 Å². The molecular weight excluding hydrogens is 520 g/mol. The van der Waals surface area contributed by atoms with E-state index in [0.29, 0.717) is 29.1 Å². The molecule has 184 valence electrons. The number of hydrogen-bond donors (Lipinski definition) is 2. The van der Waals surface area contributed by atoms with Crippen LogP contribution in [-0.2, 0) is 11.3 Å². The van der Waals surface area contributed by atoms with Crippen molar-refractivity contribution in [3.63, 3.8) is 0 Å². The van der Waals surface area contributed by atoms with E-state index in [9.17, 15) is 4.79 Å². The molecule has 0 aliphatic carbocycles. The number of anilines is 2. The fraction of sp³-hybridized carbons (Fsp3) is 0.138. The van der Waals surface area contributed by atoms with Gasteiger partial charge in [0.1, 0.15) is 11.5 Å². The van der Waals surface area contributed by atoms with Crippen LogP contribution in [0.25, 0.3) is 0 Å². The van der Waals surface area contributed by atoms with E-state index in [4.69, 9.17) is 14.2 Å². The molecule has 2 N–H and O–H groups in total. The second-order valence-corrected chi connectivity index (χ2v) is 8.69. The second-order valence-electron chi connectivity index (χ2n) is 7.83. The van der Waals surface area contributed by atoms with Gasteiger partial charge in [-0.3, -0.25) is 4.79 Å². The van der Waals surface area contributed by atoms with Crippen molar-refractivity contribution in [2.75, 3.05) is 23.8 Å². The second kappa shape index (κ2) is 12.7. The first-order valence-electron chi connectivity index (χ1n) is 11.6. The minimum atomic E-state index is -0.249. The van der Waals surface area contributed by atoms with E-state index in [0.717, 1.165) is 28.4 Å². The molecule has 0 aliphatic heterocycles. The summed E-state index contributed by atoms with van der Waals surface area (Å²) in [5.74, 6) is 2.38. The molecule has 4 rings (SSSR count). The van der Waals surface area contributed by atoms with Crippen LogP contribution in [0.3, 0.4) is 0 Å². The van der Waals surface area contributed by atoms with Crippen LogP contribution in [0.15, 0.2) is 102 Å². The predicted molar refractivity (Wildman–Crippen MR) is 146 cm³/mol. The van der Waals surface area contributed by atoms with Crippen LogP contribution in [0.2, 0.25) is 0 Å². The van der Waals surface area contributed by atoms with Crippen LogP contribution in [0.4, 0.5) is 11.4 Å². The van der Waals surface area contributed by atoms with Gasteiger partial charge in [-0.1, -0.05) is 36.4 Å². The molecular formula is C29H27BrN2O4. The summed E-state index contributed by atoms with van der Waals surface area (Å²) in [5.41, 5.74) is 2.68. The van der Waals surface area contributed by atoms with Crippen LogP contribution >= 0.6 is 15.9 Å². The van der Waals surface area contributed by atoms with E-state index in [1.807, 2.05) is 104 Å². The zero-order valence-electron chi connectivity index (χ0n) is 19.9. The van der Waals surface area contributed by atoms with Gasteiger partial charge in [-0.2, -0.15) is 0 Å². The molecule has 0 atom stereocenters. The van der Waals surface area contributed by atoms with Crippen LogP contribution in [0, 0.1) is 0 Å². The van der Waals surface area contributed by atoms with Gasteiger partial charge in [-0.05, 0) is 89.1 Å². The van der Waals surface area contributed by atoms with Gasteiger partial charge in [0.05, 0.1) is 11.1 Å². The largest absolute Gasteiger partial charge is 0.490 e. The standard InChI is InChI=1S/C29H27BrN2O4/c1-2-34-27-18-21(17-26(30)29(27)35-20-28(33)32-23-9-5-3-6-10-23)19-31-22-13-15-25(16-14-22)36-24-11-7-4-8-12-24/h3-18,31H,2,19-20H2,1H3,(H,32,33). The zero-order valence-corrected chi connectivity index (χ0v) is 21.5. The van der Waals surface area contributed by atoms with Gasteiger partial charge in [0.25, 0.3) is 5.91 Å². The van der Waals surface area contributed by atoms with Gasteiger partial charge < -0.3 is 24.8 Å². The molecule has 0 spiro atoms.